The summed E-state index contributed by atoms with van der Waals surface area (Å²) in [5.41, 5.74) is 0. The second-order valence-electron chi connectivity index (χ2n) is 10.6. The van der Waals surface area contributed by atoms with E-state index in [2.05, 4.69) is 42.3 Å². The van der Waals surface area contributed by atoms with Gasteiger partial charge in [0, 0.05) is 6.42 Å². The number of rotatable bonds is 25. The number of hydrogen-bond acceptors (Lipinski definition) is 0. The Balaban J connectivity index is 2.21. The molecule has 0 saturated carbocycles. The van der Waals surface area contributed by atoms with Crippen molar-refractivity contribution in [3.05, 3.63) is 18.2 Å². The fourth-order valence-electron chi connectivity index (χ4n) is 5.09. The second-order valence-corrected chi connectivity index (χ2v) is 10.6. The maximum atomic E-state index is 2.60. The van der Waals surface area contributed by atoms with Gasteiger partial charge in [-0.05, 0) is 32.1 Å². The Morgan fingerprint density at radius 3 is 1.45 bits per heavy atom. The van der Waals surface area contributed by atoms with Crippen LogP contribution < -0.4 is 4.57 Å². The normalized spacial score (nSPS) is 11.5. The molecule has 0 atom stereocenters. The second kappa shape index (κ2) is 23.0. The molecule has 0 spiro atoms. The monoisotopic (exact) mass is 461 g/mol. The minimum Gasteiger partial charge on any atom is -0.234 e. The van der Waals surface area contributed by atoms with Gasteiger partial charge in [0.1, 0.15) is 12.4 Å². The quantitative estimate of drug-likeness (QED) is 0.101. The molecule has 0 saturated heterocycles. The van der Waals surface area contributed by atoms with Crippen molar-refractivity contribution in [1.82, 2.24) is 4.57 Å². The van der Waals surface area contributed by atoms with Crippen molar-refractivity contribution in [1.29, 1.82) is 0 Å². The predicted molar refractivity (Wildman–Crippen MR) is 147 cm³/mol. The fourth-order valence-corrected chi connectivity index (χ4v) is 5.09. The van der Waals surface area contributed by atoms with Crippen LogP contribution in [0.4, 0.5) is 0 Å². The van der Waals surface area contributed by atoms with E-state index < -0.39 is 0 Å². The molecule has 0 N–H and O–H groups in total. The molecule has 0 radical (unpaired) electrons. The topological polar surface area (TPSA) is 8.81 Å². The SMILES string of the molecule is CCCCCCCCCCCCCCCn1cc[n+](CCCCCC)c1CCCCCCC. The molecule has 0 unspecified atom stereocenters. The maximum Gasteiger partial charge on any atom is 0.256 e. The van der Waals surface area contributed by atoms with Crippen molar-refractivity contribution in [3.8, 4) is 0 Å². The van der Waals surface area contributed by atoms with Gasteiger partial charge in [-0.1, -0.05) is 130 Å². The van der Waals surface area contributed by atoms with Crippen LogP contribution in [0.15, 0.2) is 12.4 Å². The van der Waals surface area contributed by atoms with E-state index in [0.717, 1.165) is 0 Å². The number of hydrogen-bond donors (Lipinski definition) is 0. The highest BCUT2D eigenvalue weighted by Crippen LogP contribution is 2.14. The summed E-state index contributed by atoms with van der Waals surface area (Å²) in [7, 11) is 0. The average molecular weight is 462 g/mol. The first kappa shape index (κ1) is 30.2. The van der Waals surface area contributed by atoms with E-state index in [0.29, 0.717) is 0 Å². The molecule has 0 aromatic carbocycles. The Bertz CT molecular complexity index is 519. The van der Waals surface area contributed by atoms with Gasteiger partial charge in [-0.15, -0.1) is 0 Å². The third kappa shape index (κ3) is 16.5. The zero-order valence-electron chi connectivity index (χ0n) is 23.2. The summed E-state index contributed by atoms with van der Waals surface area (Å²) in [6.07, 6.45) is 37.0. The predicted octanol–water partition coefficient (Wildman–Crippen LogP) is 9.96. The highest BCUT2D eigenvalue weighted by atomic mass is 15.1. The lowest BCUT2D eigenvalue weighted by Gasteiger charge is -2.07. The van der Waals surface area contributed by atoms with Crippen LogP contribution in [0.5, 0.6) is 0 Å². The zero-order valence-corrected chi connectivity index (χ0v) is 23.2. The van der Waals surface area contributed by atoms with Crippen LogP contribution >= 0.6 is 0 Å². The fraction of sp³-hybridized carbons (Fsp3) is 0.903. The van der Waals surface area contributed by atoms with Crippen LogP contribution in [0.2, 0.25) is 0 Å². The van der Waals surface area contributed by atoms with Crippen LogP contribution in [-0.4, -0.2) is 4.57 Å². The Morgan fingerprint density at radius 2 is 0.939 bits per heavy atom. The molecule has 0 bridgehead atoms. The molecule has 1 aromatic rings. The Kier molecular flexibility index (Phi) is 21.1. The van der Waals surface area contributed by atoms with E-state index in [-0.39, 0.29) is 0 Å². The summed E-state index contributed by atoms with van der Waals surface area (Å²) in [4.78, 5) is 0. The smallest absolute Gasteiger partial charge is 0.234 e. The molecule has 2 heteroatoms. The molecule has 1 rings (SSSR count). The van der Waals surface area contributed by atoms with Gasteiger partial charge in [-0.25, -0.2) is 9.13 Å². The van der Waals surface area contributed by atoms with Crippen LogP contribution in [0.1, 0.15) is 168 Å². The molecule has 2 nitrogen and oxygen atoms in total. The lowest BCUT2D eigenvalue weighted by atomic mass is 10.0. The van der Waals surface area contributed by atoms with Crippen molar-refractivity contribution in [2.45, 2.75) is 182 Å². The van der Waals surface area contributed by atoms with Crippen LogP contribution in [-0.2, 0) is 19.5 Å². The molecule has 33 heavy (non-hydrogen) atoms. The lowest BCUT2D eigenvalue weighted by molar-refractivity contribution is -0.704. The van der Waals surface area contributed by atoms with E-state index in [9.17, 15) is 0 Å². The maximum absolute atomic E-state index is 2.60. The van der Waals surface area contributed by atoms with Crippen molar-refractivity contribution in [2.75, 3.05) is 0 Å². The molecule has 0 amide bonds. The van der Waals surface area contributed by atoms with Gasteiger partial charge in [0.2, 0.25) is 0 Å². The van der Waals surface area contributed by atoms with E-state index >= 15 is 0 Å². The molecule has 194 valence electrons. The number of imidazole rings is 1. The minimum absolute atomic E-state index is 1.22. The standard InChI is InChI=1S/C31H61N2/c1-4-7-10-13-14-15-16-17-18-19-20-22-25-28-33-30-29-32(27-24-12-9-6-3)31(33)26-23-21-11-8-5-2/h29-30H,4-28H2,1-3H3/q+1. The molecule has 0 aliphatic carbocycles. The van der Waals surface area contributed by atoms with Gasteiger partial charge < -0.3 is 0 Å². The van der Waals surface area contributed by atoms with Gasteiger partial charge in [-0.3, -0.25) is 0 Å². The molecule has 0 aliphatic rings. The first-order valence-corrected chi connectivity index (χ1v) is 15.4. The van der Waals surface area contributed by atoms with Crippen LogP contribution in [0.3, 0.4) is 0 Å². The molecular weight excluding hydrogens is 400 g/mol. The first-order valence-electron chi connectivity index (χ1n) is 15.4. The summed E-state index contributed by atoms with van der Waals surface area (Å²) in [6, 6.07) is 0. The van der Waals surface area contributed by atoms with Crippen molar-refractivity contribution in [2.24, 2.45) is 0 Å². The third-order valence-corrected chi connectivity index (χ3v) is 7.35. The van der Waals surface area contributed by atoms with E-state index in [1.54, 1.807) is 5.82 Å². The minimum atomic E-state index is 1.22. The summed E-state index contributed by atoms with van der Waals surface area (Å²) in [5.74, 6) is 1.60. The molecule has 0 aliphatic heterocycles. The number of unbranched alkanes of at least 4 members (excludes halogenated alkanes) is 19. The Hall–Kier alpha value is -0.790. The third-order valence-electron chi connectivity index (χ3n) is 7.35. The Labute approximate surface area is 208 Å². The van der Waals surface area contributed by atoms with E-state index in [1.165, 1.54) is 161 Å². The van der Waals surface area contributed by atoms with Gasteiger partial charge in [-0.2, -0.15) is 0 Å². The van der Waals surface area contributed by atoms with Gasteiger partial charge in [0.25, 0.3) is 5.82 Å². The molecule has 1 aromatic heterocycles. The molecule has 1 heterocycles. The van der Waals surface area contributed by atoms with Crippen molar-refractivity contribution in [3.63, 3.8) is 0 Å². The van der Waals surface area contributed by atoms with Crippen molar-refractivity contribution < 1.29 is 4.57 Å². The molecular formula is C31H61N2+. The van der Waals surface area contributed by atoms with E-state index in [4.69, 9.17) is 0 Å². The number of aromatic nitrogens is 2. The van der Waals surface area contributed by atoms with Crippen LogP contribution in [0, 0.1) is 0 Å². The van der Waals surface area contributed by atoms with Gasteiger partial charge in [0.15, 0.2) is 0 Å². The van der Waals surface area contributed by atoms with Crippen molar-refractivity contribution >= 4 is 0 Å². The number of nitrogens with zero attached hydrogens (tertiary/aromatic N) is 2. The summed E-state index contributed by atoms with van der Waals surface area (Å²) in [5, 5.41) is 0. The first-order chi connectivity index (χ1) is 16.3. The van der Waals surface area contributed by atoms with Gasteiger partial charge >= 0.3 is 0 Å². The lowest BCUT2D eigenvalue weighted by Crippen LogP contribution is -2.37. The van der Waals surface area contributed by atoms with E-state index in [1.807, 2.05) is 0 Å². The Morgan fingerprint density at radius 1 is 0.515 bits per heavy atom. The number of aryl methyl sites for hydroxylation is 2. The highest BCUT2D eigenvalue weighted by molar-refractivity contribution is 4.84. The van der Waals surface area contributed by atoms with Crippen LogP contribution in [0.25, 0.3) is 0 Å². The summed E-state index contributed by atoms with van der Waals surface area (Å²) in [6.45, 7) is 9.37. The summed E-state index contributed by atoms with van der Waals surface area (Å²) < 4.78 is 5.18. The molecule has 0 fully saturated rings. The highest BCUT2D eigenvalue weighted by Gasteiger charge is 2.16. The zero-order chi connectivity index (χ0) is 23.8. The van der Waals surface area contributed by atoms with Gasteiger partial charge in [0.05, 0.1) is 13.1 Å². The largest absolute Gasteiger partial charge is 0.256 e. The summed E-state index contributed by atoms with van der Waals surface area (Å²) >= 11 is 0. The average Bonchev–Trinajstić information content (AvgIpc) is 3.21.